The number of nitriles is 1. The second kappa shape index (κ2) is 11.3. The van der Waals surface area contributed by atoms with Crippen molar-refractivity contribution in [2.24, 2.45) is 5.92 Å². The minimum Gasteiger partial charge on any atom is -0.344 e. The number of rotatable bonds is 12. The molecular formula is C34H37N3O3S. The molecule has 3 saturated carbocycles. The summed E-state index contributed by atoms with van der Waals surface area (Å²) in [6.45, 7) is 2.59. The Hall–Kier alpha value is -3.63. The summed E-state index contributed by atoms with van der Waals surface area (Å²) in [5, 5.41) is 12.4. The van der Waals surface area contributed by atoms with Gasteiger partial charge in [0.1, 0.15) is 0 Å². The predicted octanol–water partition coefficient (Wildman–Crippen LogP) is 7.17. The molecule has 1 amide bonds. The average molecular weight is 568 g/mol. The van der Waals surface area contributed by atoms with E-state index in [2.05, 4.69) is 34.5 Å². The van der Waals surface area contributed by atoms with Gasteiger partial charge in [-0.1, -0.05) is 25.1 Å². The topological polar surface area (TPSA) is 90.3 Å². The summed E-state index contributed by atoms with van der Waals surface area (Å²) in [6, 6.07) is 23.0. The molecule has 212 valence electrons. The molecule has 1 N–H and O–H groups in total. The summed E-state index contributed by atoms with van der Waals surface area (Å²) in [6.07, 6.45) is 7.76. The van der Waals surface area contributed by atoms with Crippen LogP contribution in [0.3, 0.4) is 0 Å². The third-order valence-corrected chi connectivity index (χ3v) is 10.3. The number of amides is 1. The van der Waals surface area contributed by atoms with Crippen molar-refractivity contribution in [3.63, 3.8) is 0 Å². The SMILES string of the molecule is CCS(=O)(=O)c1ccc(C(CC#N)NC(=O)c2ccc(N(CC3CC3)c3cc(C4CC4)cc(C4CC4)c3)cc2)cc1. The molecule has 3 aliphatic carbocycles. The fraction of sp³-hybridized carbons (Fsp3) is 0.412. The van der Waals surface area contributed by atoms with Gasteiger partial charge in [0.15, 0.2) is 9.84 Å². The summed E-state index contributed by atoms with van der Waals surface area (Å²) in [7, 11) is -3.32. The van der Waals surface area contributed by atoms with E-state index in [1.807, 2.05) is 24.3 Å². The molecule has 0 spiro atoms. The predicted molar refractivity (Wildman–Crippen MR) is 161 cm³/mol. The molecule has 3 aromatic rings. The molecule has 3 fully saturated rings. The van der Waals surface area contributed by atoms with Crippen LogP contribution >= 0.6 is 0 Å². The van der Waals surface area contributed by atoms with Crippen molar-refractivity contribution in [1.29, 1.82) is 5.26 Å². The number of nitrogens with one attached hydrogen (secondary N) is 1. The van der Waals surface area contributed by atoms with Crippen LogP contribution in [0.5, 0.6) is 0 Å². The lowest BCUT2D eigenvalue weighted by Crippen LogP contribution is -2.28. The Balaban J connectivity index is 1.21. The highest BCUT2D eigenvalue weighted by Gasteiger charge is 2.31. The van der Waals surface area contributed by atoms with Crippen molar-refractivity contribution in [3.8, 4) is 6.07 Å². The first kappa shape index (κ1) is 27.5. The number of hydrogen-bond donors (Lipinski definition) is 1. The van der Waals surface area contributed by atoms with Crippen molar-refractivity contribution in [2.75, 3.05) is 17.2 Å². The van der Waals surface area contributed by atoms with Gasteiger partial charge in [-0.25, -0.2) is 8.42 Å². The van der Waals surface area contributed by atoms with Crippen LogP contribution in [-0.2, 0) is 9.84 Å². The van der Waals surface area contributed by atoms with Crippen LogP contribution < -0.4 is 10.2 Å². The van der Waals surface area contributed by atoms with E-state index in [0.717, 1.165) is 12.2 Å². The third-order valence-electron chi connectivity index (χ3n) is 8.57. The van der Waals surface area contributed by atoms with Gasteiger partial charge in [0.2, 0.25) is 0 Å². The third kappa shape index (κ3) is 6.49. The molecule has 41 heavy (non-hydrogen) atoms. The number of nitrogens with zero attached hydrogens (tertiary/aromatic N) is 2. The highest BCUT2D eigenvalue weighted by atomic mass is 32.2. The standard InChI is InChI=1S/C34H37N3O3S/c1-2-41(39,40)32-15-11-26(12-16-32)33(17-18-35)36-34(38)27-9-13-30(14-10-27)37(22-23-3-4-23)31-20-28(24-5-6-24)19-29(21-31)25-7-8-25/h9-16,19-21,23-25,33H,2-8,17,22H2,1H3,(H,36,38). The molecule has 1 unspecified atom stereocenters. The second-order valence-electron chi connectivity index (χ2n) is 11.9. The molecule has 3 aliphatic rings. The molecule has 0 heterocycles. The zero-order valence-corrected chi connectivity index (χ0v) is 24.4. The van der Waals surface area contributed by atoms with Gasteiger partial charge in [-0.2, -0.15) is 5.26 Å². The Morgan fingerprint density at radius 3 is 2.02 bits per heavy atom. The summed E-state index contributed by atoms with van der Waals surface area (Å²) >= 11 is 0. The van der Waals surface area contributed by atoms with Crippen molar-refractivity contribution in [2.45, 2.75) is 74.6 Å². The van der Waals surface area contributed by atoms with E-state index in [1.54, 1.807) is 31.2 Å². The van der Waals surface area contributed by atoms with Crippen molar-refractivity contribution in [3.05, 3.63) is 89.0 Å². The Morgan fingerprint density at radius 1 is 0.902 bits per heavy atom. The van der Waals surface area contributed by atoms with Crippen molar-refractivity contribution < 1.29 is 13.2 Å². The number of benzene rings is 3. The first-order valence-electron chi connectivity index (χ1n) is 14.9. The molecular weight excluding hydrogens is 530 g/mol. The molecule has 7 heteroatoms. The van der Waals surface area contributed by atoms with Gasteiger partial charge in [0, 0.05) is 23.5 Å². The highest BCUT2D eigenvalue weighted by Crippen LogP contribution is 2.47. The van der Waals surface area contributed by atoms with Gasteiger partial charge in [0.05, 0.1) is 29.2 Å². The monoisotopic (exact) mass is 567 g/mol. The molecule has 6 rings (SSSR count). The highest BCUT2D eigenvalue weighted by molar-refractivity contribution is 7.91. The fourth-order valence-electron chi connectivity index (χ4n) is 5.49. The van der Waals surface area contributed by atoms with Crippen LogP contribution in [0, 0.1) is 17.2 Å². The Bertz CT molecular complexity index is 1530. The lowest BCUT2D eigenvalue weighted by atomic mass is 10.0. The van der Waals surface area contributed by atoms with Gasteiger partial charge in [0.25, 0.3) is 5.91 Å². The largest absolute Gasteiger partial charge is 0.344 e. The lowest BCUT2D eigenvalue weighted by molar-refractivity contribution is 0.0937. The van der Waals surface area contributed by atoms with Crippen LogP contribution in [0.4, 0.5) is 11.4 Å². The molecule has 0 saturated heterocycles. The smallest absolute Gasteiger partial charge is 0.251 e. The van der Waals surface area contributed by atoms with E-state index < -0.39 is 15.9 Å². The average Bonchev–Trinajstić information content (AvgIpc) is 3.84. The van der Waals surface area contributed by atoms with E-state index in [-0.39, 0.29) is 23.0 Å². The van der Waals surface area contributed by atoms with E-state index in [1.165, 1.54) is 55.3 Å². The summed E-state index contributed by atoms with van der Waals surface area (Å²) < 4.78 is 24.3. The van der Waals surface area contributed by atoms with Gasteiger partial charge in [-0.05, 0) is 121 Å². The number of carbonyl (C=O) groups is 1. The fourth-order valence-corrected chi connectivity index (χ4v) is 6.37. The maximum Gasteiger partial charge on any atom is 0.251 e. The molecule has 0 aromatic heterocycles. The summed E-state index contributed by atoms with van der Waals surface area (Å²) in [5.74, 6) is 1.87. The Kier molecular flexibility index (Phi) is 7.61. The zero-order valence-electron chi connectivity index (χ0n) is 23.6. The Morgan fingerprint density at radius 2 is 1.51 bits per heavy atom. The first-order chi connectivity index (χ1) is 19.8. The van der Waals surface area contributed by atoms with Gasteiger partial charge >= 0.3 is 0 Å². The van der Waals surface area contributed by atoms with Crippen LogP contribution in [0.1, 0.15) is 96.8 Å². The zero-order chi connectivity index (χ0) is 28.6. The second-order valence-corrected chi connectivity index (χ2v) is 14.1. The number of anilines is 2. The van der Waals surface area contributed by atoms with Crippen LogP contribution in [0.15, 0.2) is 71.6 Å². The number of hydrogen-bond acceptors (Lipinski definition) is 5. The normalized spacial score (nSPS) is 17.5. The minimum atomic E-state index is -3.32. The molecule has 0 bridgehead atoms. The lowest BCUT2D eigenvalue weighted by Gasteiger charge is -2.27. The van der Waals surface area contributed by atoms with Crippen molar-refractivity contribution in [1.82, 2.24) is 5.32 Å². The quantitative estimate of drug-likeness (QED) is 0.251. The molecule has 0 aliphatic heterocycles. The number of carbonyl (C=O) groups excluding carboxylic acids is 1. The van der Waals surface area contributed by atoms with E-state index in [0.29, 0.717) is 28.9 Å². The molecule has 3 aromatic carbocycles. The van der Waals surface area contributed by atoms with Crippen LogP contribution in [0.25, 0.3) is 0 Å². The summed E-state index contributed by atoms with van der Waals surface area (Å²) in [5.41, 5.74) is 6.53. The van der Waals surface area contributed by atoms with E-state index in [9.17, 15) is 18.5 Å². The first-order valence-corrected chi connectivity index (χ1v) is 16.5. The maximum absolute atomic E-state index is 13.2. The van der Waals surface area contributed by atoms with Gasteiger partial charge in [-0.15, -0.1) is 0 Å². The Labute approximate surface area is 243 Å². The van der Waals surface area contributed by atoms with E-state index in [4.69, 9.17) is 0 Å². The number of sulfone groups is 1. The summed E-state index contributed by atoms with van der Waals surface area (Å²) in [4.78, 5) is 15.9. The van der Waals surface area contributed by atoms with Gasteiger partial charge in [-0.3, -0.25) is 4.79 Å². The van der Waals surface area contributed by atoms with Crippen molar-refractivity contribution >= 4 is 27.1 Å². The molecule has 6 nitrogen and oxygen atoms in total. The maximum atomic E-state index is 13.2. The molecule has 0 radical (unpaired) electrons. The van der Waals surface area contributed by atoms with Crippen LogP contribution in [-0.4, -0.2) is 26.6 Å². The molecule has 1 atom stereocenters. The van der Waals surface area contributed by atoms with E-state index >= 15 is 0 Å². The van der Waals surface area contributed by atoms with Gasteiger partial charge < -0.3 is 10.2 Å². The van der Waals surface area contributed by atoms with Crippen LogP contribution in [0.2, 0.25) is 0 Å². The minimum absolute atomic E-state index is 0.0203.